The molecule has 3 aromatic rings. The van der Waals surface area contributed by atoms with Gasteiger partial charge in [-0.1, -0.05) is 42.6 Å². The zero-order valence-electron chi connectivity index (χ0n) is 19.6. The van der Waals surface area contributed by atoms with Crippen molar-refractivity contribution < 1.29 is 0 Å². The lowest BCUT2D eigenvalue weighted by atomic mass is 9.91. The number of benzene rings is 1. The lowest BCUT2D eigenvalue weighted by Crippen LogP contribution is -2.51. The van der Waals surface area contributed by atoms with Crippen LogP contribution in [0.3, 0.4) is 0 Å². The highest BCUT2D eigenvalue weighted by Crippen LogP contribution is 2.32. The molecule has 0 unspecified atom stereocenters. The smallest absolute Gasteiger partial charge is 0.190 e. The van der Waals surface area contributed by atoms with Gasteiger partial charge in [-0.15, -0.1) is 0 Å². The minimum Gasteiger partial charge on any atom is -0.355 e. The van der Waals surface area contributed by atoms with Gasteiger partial charge in [0.25, 0.3) is 0 Å². The number of fused-ring (bicyclic) bond motifs is 1. The molecule has 7 nitrogen and oxygen atoms in total. The third-order valence-electron chi connectivity index (χ3n) is 7.32. The molecule has 0 spiro atoms. The number of aromatic nitrogens is 4. The molecular weight excluding hydrogens is 469 g/mol. The van der Waals surface area contributed by atoms with Crippen LogP contribution in [0, 0.1) is 17.2 Å². The van der Waals surface area contributed by atoms with Gasteiger partial charge in [0, 0.05) is 29.2 Å². The summed E-state index contributed by atoms with van der Waals surface area (Å²) in [4.78, 5) is 14.6. The minimum absolute atomic E-state index is 0.234. The first kappa shape index (κ1) is 23.3. The molecule has 1 aromatic carbocycles. The molecule has 2 saturated heterocycles. The number of likely N-dealkylation sites (tertiary alicyclic amines) is 1. The Morgan fingerprint density at radius 1 is 1.15 bits per heavy atom. The van der Waals surface area contributed by atoms with Gasteiger partial charge in [-0.2, -0.15) is 10.4 Å². The number of anilines is 1. The van der Waals surface area contributed by atoms with Crippen LogP contribution in [0.15, 0.2) is 24.4 Å². The third-order valence-corrected chi connectivity index (χ3v) is 7.88. The highest BCUT2D eigenvalue weighted by atomic mass is 35.5. The van der Waals surface area contributed by atoms with Crippen molar-refractivity contribution in [3.63, 3.8) is 0 Å². The van der Waals surface area contributed by atoms with E-state index in [1.807, 2.05) is 13.0 Å². The maximum atomic E-state index is 9.65. The molecule has 4 heterocycles. The van der Waals surface area contributed by atoms with Gasteiger partial charge >= 0.3 is 0 Å². The van der Waals surface area contributed by atoms with Gasteiger partial charge in [0.05, 0.1) is 12.2 Å². The fourth-order valence-electron chi connectivity index (χ4n) is 5.50. The van der Waals surface area contributed by atoms with Crippen molar-refractivity contribution in [3.05, 3.63) is 45.7 Å². The summed E-state index contributed by atoms with van der Waals surface area (Å²) >= 11 is 12.6. The Labute approximate surface area is 210 Å². The van der Waals surface area contributed by atoms with Crippen LogP contribution in [-0.4, -0.2) is 56.9 Å². The van der Waals surface area contributed by atoms with Crippen molar-refractivity contribution in [2.24, 2.45) is 5.92 Å². The molecule has 34 heavy (non-hydrogen) atoms. The number of halogens is 2. The Hall–Kier alpha value is -2.40. The Balaban J connectivity index is 1.44. The van der Waals surface area contributed by atoms with Gasteiger partial charge in [0.2, 0.25) is 0 Å². The summed E-state index contributed by atoms with van der Waals surface area (Å²) in [5.41, 5.74) is 2.24. The van der Waals surface area contributed by atoms with Crippen molar-refractivity contribution in [2.75, 3.05) is 31.1 Å². The average molecular weight is 498 g/mol. The van der Waals surface area contributed by atoms with E-state index < -0.39 is 0 Å². The zero-order chi connectivity index (χ0) is 23.8. The Morgan fingerprint density at radius 3 is 2.65 bits per heavy atom. The Kier molecular flexibility index (Phi) is 6.65. The average Bonchev–Trinajstić information content (AvgIpc) is 3.22. The first-order chi connectivity index (χ1) is 16.5. The number of hydrogen-bond acceptors (Lipinski definition) is 6. The van der Waals surface area contributed by atoms with Gasteiger partial charge in [-0.3, -0.25) is 4.90 Å². The molecule has 0 saturated carbocycles. The van der Waals surface area contributed by atoms with Crippen molar-refractivity contribution in [1.29, 1.82) is 5.26 Å². The summed E-state index contributed by atoms with van der Waals surface area (Å²) in [5.74, 6) is 1.38. The topological polar surface area (TPSA) is 73.9 Å². The van der Waals surface area contributed by atoms with Crippen LogP contribution >= 0.6 is 23.2 Å². The normalized spacial score (nSPS) is 22.6. The number of nitrogens with zero attached hydrogens (tertiary/aromatic N) is 7. The molecule has 9 heteroatoms. The molecule has 0 aliphatic carbocycles. The summed E-state index contributed by atoms with van der Waals surface area (Å²) in [6.45, 7) is 8.68. The molecule has 2 aliphatic rings. The fraction of sp³-hybridized carbons (Fsp3) is 0.520. The maximum Gasteiger partial charge on any atom is 0.190 e. The lowest BCUT2D eigenvalue weighted by molar-refractivity contribution is 0.106. The van der Waals surface area contributed by atoms with Crippen LogP contribution in [0.1, 0.15) is 56.8 Å². The zero-order valence-corrected chi connectivity index (χ0v) is 21.1. The minimum atomic E-state index is -0.234. The van der Waals surface area contributed by atoms with Gasteiger partial charge in [-0.25, -0.2) is 14.6 Å². The van der Waals surface area contributed by atoms with Crippen molar-refractivity contribution in [1.82, 2.24) is 24.6 Å². The van der Waals surface area contributed by atoms with Crippen LogP contribution in [0.4, 0.5) is 5.82 Å². The lowest BCUT2D eigenvalue weighted by Gasteiger charge is -2.44. The van der Waals surface area contributed by atoms with E-state index in [0.29, 0.717) is 33.2 Å². The summed E-state index contributed by atoms with van der Waals surface area (Å²) in [6.07, 6.45) is 6.90. The van der Waals surface area contributed by atoms with Gasteiger partial charge in [-0.05, 0) is 62.9 Å². The van der Waals surface area contributed by atoms with Crippen LogP contribution < -0.4 is 4.90 Å². The van der Waals surface area contributed by atoms with E-state index in [1.165, 1.54) is 32.4 Å². The summed E-state index contributed by atoms with van der Waals surface area (Å²) in [6, 6.07) is 7.98. The van der Waals surface area contributed by atoms with Crippen molar-refractivity contribution in [2.45, 2.75) is 51.6 Å². The van der Waals surface area contributed by atoms with E-state index in [2.05, 4.69) is 32.9 Å². The second-order valence-corrected chi connectivity index (χ2v) is 10.4. The molecule has 2 fully saturated rings. The molecule has 3 atom stereocenters. The predicted octanol–water partition coefficient (Wildman–Crippen LogP) is 5.31. The van der Waals surface area contributed by atoms with Crippen LogP contribution in [0.25, 0.3) is 11.2 Å². The van der Waals surface area contributed by atoms with Gasteiger partial charge < -0.3 is 4.90 Å². The standard InChI is InChI=1S/C25H29Cl2N7/c1-16-15-33(11-8-22(16)32-9-4-3-5-10-32)23-14-29-24-21(13-28)31-34(25(24)30-23)17(2)19-7-6-18(26)12-20(19)27/h6-7,12,14,16-17,22H,3-5,8-11,15H2,1-2H3/t16-,17+,22+/m0/s1. The molecule has 0 radical (unpaired) electrons. The predicted molar refractivity (Wildman–Crippen MR) is 136 cm³/mol. The molecule has 2 aromatic heterocycles. The van der Waals surface area contributed by atoms with E-state index in [-0.39, 0.29) is 11.7 Å². The van der Waals surface area contributed by atoms with E-state index in [9.17, 15) is 5.26 Å². The first-order valence-corrected chi connectivity index (χ1v) is 12.8. The maximum absolute atomic E-state index is 9.65. The van der Waals surface area contributed by atoms with Gasteiger partial charge in [0.15, 0.2) is 11.3 Å². The van der Waals surface area contributed by atoms with Crippen LogP contribution in [0.2, 0.25) is 10.0 Å². The molecule has 0 bridgehead atoms. The molecule has 0 N–H and O–H groups in total. The summed E-state index contributed by atoms with van der Waals surface area (Å²) in [7, 11) is 0. The van der Waals surface area contributed by atoms with E-state index in [4.69, 9.17) is 28.2 Å². The Morgan fingerprint density at radius 2 is 1.94 bits per heavy atom. The van der Waals surface area contributed by atoms with Crippen LogP contribution in [0.5, 0.6) is 0 Å². The first-order valence-electron chi connectivity index (χ1n) is 12.1. The number of hydrogen-bond donors (Lipinski definition) is 0. The Bertz CT molecular complexity index is 1230. The SMILES string of the molecule is C[C@H](c1ccc(Cl)cc1Cl)n1nc(C#N)c2ncc(N3CC[C@@H](N4CCCCC4)[C@@H](C)C3)nc21. The van der Waals surface area contributed by atoms with E-state index in [1.54, 1.807) is 23.0 Å². The second kappa shape index (κ2) is 9.69. The second-order valence-electron chi connectivity index (χ2n) is 9.52. The number of nitriles is 1. The quantitative estimate of drug-likeness (QED) is 0.485. The molecule has 0 amide bonds. The third kappa shape index (κ3) is 4.35. The molecule has 178 valence electrons. The van der Waals surface area contributed by atoms with E-state index in [0.717, 1.165) is 30.9 Å². The highest BCUT2D eigenvalue weighted by Gasteiger charge is 2.32. The summed E-state index contributed by atoms with van der Waals surface area (Å²) in [5, 5.41) is 15.3. The van der Waals surface area contributed by atoms with E-state index >= 15 is 0 Å². The number of piperidine rings is 2. The fourth-order valence-corrected chi connectivity index (χ4v) is 6.07. The monoisotopic (exact) mass is 497 g/mol. The highest BCUT2D eigenvalue weighted by molar-refractivity contribution is 6.35. The number of rotatable bonds is 4. The molecule has 5 rings (SSSR count). The van der Waals surface area contributed by atoms with Gasteiger partial charge in [0.1, 0.15) is 17.4 Å². The molecule has 2 aliphatic heterocycles. The van der Waals surface area contributed by atoms with Crippen molar-refractivity contribution in [3.8, 4) is 6.07 Å². The van der Waals surface area contributed by atoms with Crippen LogP contribution in [-0.2, 0) is 0 Å². The van der Waals surface area contributed by atoms with Crippen molar-refractivity contribution >= 4 is 40.2 Å². The molecular formula is C25H29Cl2N7. The largest absolute Gasteiger partial charge is 0.355 e. The summed E-state index contributed by atoms with van der Waals surface area (Å²) < 4.78 is 1.75.